The molecule has 0 aliphatic heterocycles. The molecular formula is C16H16BrClFN. The van der Waals surface area contributed by atoms with Gasteiger partial charge >= 0.3 is 0 Å². The van der Waals surface area contributed by atoms with E-state index in [9.17, 15) is 4.39 Å². The highest BCUT2D eigenvalue weighted by Gasteiger charge is 2.09. The van der Waals surface area contributed by atoms with Crippen LogP contribution in [0.25, 0.3) is 0 Å². The summed E-state index contributed by atoms with van der Waals surface area (Å²) in [6, 6.07) is 11.1. The van der Waals surface area contributed by atoms with E-state index in [1.807, 2.05) is 31.2 Å². The summed E-state index contributed by atoms with van der Waals surface area (Å²) in [4.78, 5) is 0. The zero-order chi connectivity index (χ0) is 14.7. The van der Waals surface area contributed by atoms with Gasteiger partial charge in [-0.05, 0) is 54.8 Å². The second-order valence-electron chi connectivity index (χ2n) is 4.85. The van der Waals surface area contributed by atoms with Gasteiger partial charge in [-0.2, -0.15) is 0 Å². The first kappa shape index (κ1) is 15.5. The first-order valence-corrected chi connectivity index (χ1v) is 7.58. The smallest absolute Gasteiger partial charge is 0.126 e. The van der Waals surface area contributed by atoms with Crippen LogP contribution in [0.2, 0.25) is 5.02 Å². The van der Waals surface area contributed by atoms with Crippen molar-refractivity contribution in [3.05, 3.63) is 68.4 Å². The predicted octanol–water partition coefficient (Wildman–Crippen LogP) is 5.40. The normalized spacial score (nSPS) is 12.4. The first-order chi connectivity index (χ1) is 9.47. The second kappa shape index (κ2) is 6.70. The molecule has 0 fully saturated rings. The van der Waals surface area contributed by atoms with Crippen LogP contribution in [0.4, 0.5) is 4.39 Å². The molecule has 0 spiro atoms. The molecule has 2 aromatic rings. The molecule has 0 bridgehead atoms. The average molecular weight is 357 g/mol. The third-order valence-corrected chi connectivity index (χ3v) is 4.16. The lowest BCUT2D eigenvalue weighted by molar-refractivity contribution is 0.563. The number of halogens is 3. The SMILES string of the molecule is Cc1ccc(C(C)NCc2cc(Br)ccc2Cl)cc1F. The molecule has 0 radical (unpaired) electrons. The van der Waals surface area contributed by atoms with Crippen LogP contribution >= 0.6 is 27.5 Å². The maximum absolute atomic E-state index is 13.6. The van der Waals surface area contributed by atoms with Crippen molar-refractivity contribution in [2.45, 2.75) is 26.4 Å². The van der Waals surface area contributed by atoms with Gasteiger partial charge in [-0.25, -0.2) is 4.39 Å². The molecule has 0 saturated heterocycles. The molecule has 1 unspecified atom stereocenters. The van der Waals surface area contributed by atoms with Gasteiger partial charge < -0.3 is 5.32 Å². The Hall–Kier alpha value is -0.900. The number of rotatable bonds is 4. The average Bonchev–Trinajstić information content (AvgIpc) is 2.42. The molecule has 0 aromatic heterocycles. The summed E-state index contributed by atoms with van der Waals surface area (Å²) in [6.07, 6.45) is 0. The lowest BCUT2D eigenvalue weighted by Gasteiger charge is -2.16. The molecule has 0 amide bonds. The molecule has 106 valence electrons. The van der Waals surface area contributed by atoms with E-state index in [4.69, 9.17) is 11.6 Å². The van der Waals surface area contributed by atoms with Gasteiger partial charge in [0.25, 0.3) is 0 Å². The van der Waals surface area contributed by atoms with Crippen LogP contribution in [0.3, 0.4) is 0 Å². The van der Waals surface area contributed by atoms with Gasteiger partial charge in [0.05, 0.1) is 0 Å². The minimum absolute atomic E-state index is 0.0557. The molecule has 0 heterocycles. The van der Waals surface area contributed by atoms with E-state index in [1.54, 1.807) is 19.1 Å². The largest absolute Gasteiger partial charge is 0.306 e. The molecule has 2 aromatic carbocycles. The molecule has 1 atom stereocenters. The Morgan fingerprint density at radius 1 is 1.25 bits per heavy atom. The molecule has 0 aliphatic rings. The topological polar surface area (TPSA) is 12.0 Å². The lowest BCUT2D eigenvalue weighted by atomic mass is 10.1. The van der Waals surface area contributed by atoms with E-state index < -0.39 is 0 Å². The van der Waals surface area contributed by atoms with Crippen molar-refractivity contribution >= 4 is 27.5 Å². The van der Waals surface area contributed by atoms with Crippen molar-refractivity contribution in [1.82, 2.24) is 5.32 Å². The van der Waals surface area contributed by atoms with Gasteiger partial charge in [0.15, 0.2) is 0 Å². The summed E-state index contributed by atoms with van der Waals surface area (Å²) in [7, 11) is 0. The van der Waals surface area contributed by atoms with Crippen molar-refractivity contribution in [3.8, 4) is 0 Å². The van der Waals surface area contributed by atoms with E-state index in [2.05, 4.69) is 21.2 Å². The highest BCUT2D eigenvalue weighted by atomic mass is 79.9. The predicted molar refractivity (Wildman–Crippen MR) is 85.5 cm³/mol. The third kappa shape index (κ3) is 3.81. The standard InChI is InChI=1S/C16H16BrClFN/c1-10-3-4-12(8-16(10)19)11(2)20-9-13-7-14(17)5-6-15(13)18/h3-8,11,20H,9H2,1-2H3. The molecular weight excluding hydrogens is 341 g/mol. The first-order valence-electron chi connectivity index (χ1n) is 6.40. The van der Waals surface area contributed by atoms with Crippen molar-refractivity contribution < 1.29 is 4.39 Å². The van der Waals surface area contributed by atoms with Crippen LogP contribution in [-0.4, -0.2) is 0 Å². The molecule has 4 heteroatoms. The number of hydrogen-bond donors (Lipinski definition) is 1. The number of hydrogen-bond acceptors (Lipinski definition) is 1. The summed E-state index contributed by atoms with van der Waals surface area (Å²) in [5, 5.41) is 4.08. The second-order valence-corrected chi connectivity index (χ2v) is 6.17. The van der Waals surface area contributed by atoms with Gasteiger partial charge in [0, 0.05) is 22.1 Å². The zero-order valence-corrected chi connectivity index (χ0v) is 13.7. The maximum atomic E-state index is 13.6. The van der Waals surface area contributed by atoms with E-state index in [-0.39, 0.29) is 11.9 Å². The maximum Gasteiger partial charge on any atom is 0.126 e. The van der Waals surface area contributed by atoms with Crippen molar-refractivity contribution in [2.75, 3.05) is 0 Å². The highest BCUT2D eigenvalue weighted by Crippen LogP contribution is 2.22. The third-order valence-electron chi connectivity index (χ3n) is 3.30. The fourth-order valence-corrected chi connectivity index (χ4v) is 2.53. The van der Waals surface area contributed by atoms with E-state index in [1.165, 1.54) is 0 Å². The number of benzene rings is 2. The Morgan fingerprint density at radius 2 is 2.00 bits per heavy atom. The van der Waals surface area contributed by atoms with Crippen LogP contribution in [0.1, 0.15) is 29.7 Å². The quantitative estimate of drug-likeness (QED) is 0.773. The van der Waals surface area contributed by atoms with Crippen LogP contribution in [0.15, 0.2) is 40.9 Å². The van der Waals surface area contributed by atoms with Gasteiger partial charge in [-0.3, -0.25) is 0 Å². The lowest BCUT2D eigenvalue weighted by Crippen LogP contribution is -2.18. The Morgan fingerprint density at radius 3 is 2.70 bits per heavy atom. The molecule has 1 nitrogen and oxygen atoms in total. The monoisotopic (exact) mass is 355 g/mol. The van der Waals surface area contributed by atoms with Crippen molar-refractivity contribution in [2.24, 2.45) is 0 Å². The van der Waals surface area contributed by atoms with Gasteiger partial charge in [0.2, 0.25) is 0 Å². The molecule has 0 aliphatic carbocycles. The van der Waals surface area contributed by atoms with Crippen LogP contribution in [-0.2, 0) is 6.54 Å². The van der Waals surface area contributed by atoms with E-state index in [0.29, 0.717) is 12.1 Å². The highest BCUT2D eigenvalue weighted by molar-refractivity contribution is 9.10. The Kier molecular flexibility index (Phi) is 5.19. The Balaban J connectivity index is 2.06. The van der Waals surface area contributed by atoms with E-state index in [0.717, 1.165) is 20.6 Å². The van der Waals surface area contributed by atoms with Gasteiger partial charge in [-0.15, -0.1) is 0 Å². The molecule has 2 rings (SSSR count). The van der Waals surface area contributed by atoms with Crippen LogP contribution < -0.4 is 5.32 Å². The zero-order valence-electron chi connectivity index (χ0n) is 11.4. The molecule has 0 saturated carbocycles. The summed E-state index contributed by atoms with van der Waals surface area (Å²) in [5.74, 6) is -0.170. The Bertz CT molecular complexity index is 615. The summed E-state index contributed by atoms with van der Waals surface area (Å²) in [6.45, 7) is 4.41. The number of nitrogens with one attached hydrogen (secondary N) is 1. The summed E-state index contributed by atoms with van der Waals surface area (Å²) < 4.78 is 14.6. The fraction of sp³-hybridized carbons (Fsp3) is 0.250. The minimum Gasteiger partial charge on any atom is -0.306 e. The minimum atomic E-state index is -0.170. The van der Waals surface area contributed by atoms with Crippen molar-refractivity contribution in [1.29, 1.82) is 0 Å². The molecule has 20 heavy (non-hydrogen) atoms. The van der Waals surface area contributed by atoms with Gasteiger partial charge in [0.1, 0.15) is 5.82 Å². The van der Waals surface area contributed by atoms with Crippen LogP contribution in [0.5, 0.6) is 0 Å². The van der Waals surface area contributed by atoms with Crippen molar-refractivity contribution in [3.63, 3.8) is 0 Å². The van der Waals surface area contributed by atoms with Crippen LogP contribution in [0, 0.1) is 12.7 Å². The number of aryl methyl sites for hydroxylation is 1. The fourth-order valence-electron chi connectivity index (χ4n) is 1.94. The summed E-state index contributed by atoms with van der Waals surface area (Å²) in [5.41, 5.74) is 2.61. The Labute approximate surface area is 132 Å². The van der Waals surface area contributed by atoms with Gasteiger partial charge in [-0.1, -0.05) is 39.7 Å². The summed E-state index contributed by atoms with van der Waals surface area (Å²) >= 11 is 9.58. The molecule has 1 N–H and O–H groups in total. The van der Waals surface area contributed by atoms with E-state index >= 15 is 0 Å².